The van der Waals surface area contributed by atoms with Gasteiger partial charge < -0.3 is 34.9 Å². The second kappa shape index (κ2) is 15.5. The molecule has 0 spiro atoms. The summed E-state index contributed by atoms with van der Waals surface area (Å²) in [5, 5.41) is 15.6. The Labute approximate surface area is 264 Å². The van der Waals surface area contributed by atoms with E-state index >= 15 is 0 Å². The molecule has 3 amide bonds. The van der Waals surface area contributed by atoms with Crippen molar-refractivity contribution in [2.45, 2.75) is 63.4 Å². The van der Waals surface area contributed by atoms with Crippen molar-refractivity contribution in [2.24, 2.45) is 0 Å². The molecule has 10 heteroatoms. The lowest BCUT2D eigenvalue weighted by Crippen LogP contribution is -2.52. The van der Waals surface area contributed by atoms with E-state index in [0.29, 0.717) is 25.1 Å². The highest BCUT2D eigenvalue weighted by Gasteiger charge is 2.34. The predicted molar refractivity (Wildman–Crippen MR) is 171 cm³/mol. The van der Waals surface area contributed by atoms with Gasteiger partial charge in [0.05, 0.1) is 39.0 Å². The first-order chi connectivity index (χ1) is 21.6. The van der Waals surface area contributed by atoms with Gasteiger partial charge in [-0.3, -0.25) is 4.79 Å². The zero-order valence-corrected chi connectivity index (χ0v) is 26.3. The number of benzene rings is 3. The molecule has 1 unspecified atom stereocenters. The molecular weight excluding hydrogens is 574 g/mol. The number of amides is 3. The van der Waals surface area contributed by atoms with E-state index in [9.17, 15) is 19.5 Å². The van der Waals surface area contributed by atoms with Crippen LogP contribution in [0.5, 0.6) is 0 Å². The first kappa shape index (κ1) is 33.5. The molecule has 1 fully saturated rings. The van der Waals surface area contributed by atoms with Gasteiger partial charge in [-0.15, -0.1) is 0 Å². The van der Waals surface area contributed by atoms with Gasteiger partial charge >= 0.3 is 12.2 Å². The lowest BCUT2D eigenvalue weighted by molar-refractivity contribution is -0.118. The van der Waals surface area contributed by atoms with Crippen LogP contribution in [0.1, 0.15) is 49.8 Å². The third-order valence-electron chi connectivity index (χ3n) is 7.49. The molecule has 0 bridgehead atoms. The zero-order chi connectivity index (χ0) is 32.4. The number of para-hydroxylation sites is 1. The maximum absolute atomic E-state index is 14.0. The number of methoxy groups -OCH3 is 1. The van der Waals surface area contributed by atoms with Crippen molar-refractivity contribution in [3.05, 3.63) is 102 Å². The molecule has 240 valence electrons. The van der Waals surface area contributed by atoms with Crippen LogP contribution in [0.15, 0.2) is 84.9 Å². The maximum Gasteiger partial charge on any atom is 0.410 e. The van der Waals surface area contributed by atoms with Crippen LogP contribution in [0.3, 0.4) is 0 Å². The smallest absolute Gasteiger partial charge is 0.410 e. The first-order valence-electron chi connectivity index (χ1n) is 15.1. The Morgan fingerprint density at radius 1 is 0.911 bits per heavy atom. The van der Waals surface area contributed by atoms with Gasteiger partial charge in [-0.25, -0.2) is 9.59 Å². The Kier molecular flexibility index (Phi) is 11.6. The average Bonchev–Trinajstić information content (AvgIpc) is 3.04. The molecule has 3 N–H and O–H groups in total. The van der Waals surface area contributed by atoms with Crippen molar-refractivity contribution in [1.82, 2.24) is 10.2 Å². The number of carbonyl (C=O) groups is 3. The molecule has 0 aromatic heterocycles. The van der Waals surface area contributed by atoms with Crippen LogP contribution in [0.4, 0.5) is 15.3 Å². The van der Waals surface area contributed by atoms with Crippen molar-refractivity contribution in [2.75, 3.05) is 32.1 Å². The SMILES string of the molecule is COC(=O)N[C@H](C(=O)Nc1ccccc1CCC1CN(C(=O)OC(C)(C)C)C[C@@H](CO)O1)C(c1ccccc1)c1ccccc1. The molecular formula is C35H43N3O7. The van der Waals surface area contributed by atoms with E-state index < -0.39 is 41.8 Å². The van der Waals surface area contributed by atoms with Gasteiger partial charge in [0.2, 0.25) is 5.91 Å². The summed E-state index contributed by atoms with van der Waals surface area (Å²) in [6, 6.07) is 25.5. The third-order valence-corrected chi connectivity index (χ3v) is 7.49. The normalized spacial score (nSPS) is 17.3. The fourth-order valence-electron chi connectivity index (χ4n) is 5.43. The van der Waals surface area contributed by atoms with Crippen molar-refractivity contribution in [1.29, 1.82) is 0 Å². The number of ether oxygens (including phenoxy) is 3. The minimum Gasteiger partial charge on any atom is -0.453 e. The van der Waals surface area contributed by atoms with Crippen molar-refractivity contribution in [3.63, 3.8) is 0 Å². The summed E-state index contributed by atoms with van der Waals surface area (Å²) in [5.41, 5.74) is 2.53. The highest BCUT2D eigenvalue weighted by Crippen LogP contribution is 2.30. The molecule has 0 radical (unpaired) electrons. The number of alkyl carbamates (subject to hydrolysis) is 1. The van der Waals surface area contributed by atoms with E-state index in [1.165, 1.54) is 7.11 Å². The van der Waals surface area contributed by atoms with Gasteiger partial charge in [0.1, 0.15) is 11.6 Å². The molecule has 0 saturated carbocycles. The second-order valence-corrected chi connectivity index (χ2v) is 12.0. The molecule has 45 heavy (non-hydrogen) atoms. The Morgan fingerprint density at radius 3 is 2.07 bits per heavy atom. The van der Waals surface area contributed by atoms with Crippen LogP contribution >= 0.6 is 0 Å². The lowest BCUT2D eigenvalue weighted by atomic mass is 9.84. The van der Waals surface area contributed by atoms with Crippen LogP contribution in [0.25, 0.3) is 0 Å². The molecule has 1 saturated heterocycles. The van der Waals surface area contributed by atoms with E-state index in [1.807, 2.05) is 106 Å². The molecule has 10 nitrogen and oxygen atoms in total. The van der Waals surface area contributed by atoms with Crippen LogP contribution in [-0.2, 0) is 25.4 Å². The van der Waals surface area contributed by atoms with Crippen molar-refractivity contribution in [3.8, 4) is 0 Å². The molecule has 4 rings (SSSR count). The van der Waals surface area contributed by atoms with E-state index in [0.717, 1.165) is 16.7 Å². The standard InChI is InChI=1S/C35H43N3O7/c1-35(2,3)45-34(42)38-21-27(44-28(22-38)23-39)20-19-24-13-11-12-18-29(24)36-32(40)31(37-33(41)43-4)30(25-14-7-5-8-15-25)26-16-9-6-10-17-26/h5-18,27-28,30-31,39H,19-23H2,1-4H3,(H,36,40)(H,37,41)/t27?,28-,31-/m0/s1. The van der Waals surface area contributed by atoms with Gasteiger partial charge in [-0.2, -0.15) is 0 Å². The number of anilines is 1. The molecule has 3 aromatic carbocycles. The number of carbonyl (C=O) groups excluding carboxylic acids is 3. The highest BCUT2D eigenvalue weighted by atomic mass is 16.6. The maximum atomic E-state index is 14.0. The number of rotatable bonds is 10. The van der Waals surface area contributed by atoms with Crippen LogP contribution in [0.2, 0.25) is 0 Å². The summed E-state index contributed by atoms with van der Waals surface area (Å²) in [7, 11) is 1.26. The lowest BCUT2D eigenvalue weighted by Gasteiger charge is -2.38. The monoisotopic (exact) mass is 617 g/mol. The van der Waals surface area contributed by atoms with Gasteiger partial charge in [-0.1, -0.05) is 78.9 Å². The summed E-state index contributed by atoms with van der Waals surface area (Å²) < 4.78 is 16.5. The molecule has 0 aliphatic carbocycles. The number of aliphatic hydroxyl groups excluding tert-OH is 1. The predicted octanol–water partition coefficient (Wildman–Crippen LogP) is 5.11. The number of hydrogen-bond acceptors (Lipinski definition) is 7. The minimum atomic E-state index is -0.996. The summed E-state index contributed by atoms with van der Waals surface area (Å²) in [5.74, 6) is -0.903. The molecule has 3 aromatic rings. The molecule has 1 aliphatic heterocycles. The molecule has 1 heterocycles. The Balaban J connectivity index is 1.54. The average molecular weight is 618 g/mol. The molecule has 1 aliphatic rings. The Hall–Kier alpha value is -4.41. The highest BCUT2D eigenvalue weighted by molar-refractivity contribution is 5.98. The number of aryl methyl sites for hydroxylation is 1. The Bertz CT molecular complexity index is 1370. The van der Waals surface area contributed by atoms with Crippen LogP contribution in [-0.4, -0.2) is 78.8 Å². The van der Waals surface area contributed by atoms with Crippen molar-refractivity contribution >= 4 is 23.8 Å². The van der Waals surface area contributed by atoms with E-state index in [2.05, 4.69) is 10.6 Å². The summed E-state index contributed by atoms with van der Waals surface area (Å²) in [6.45, 7) is 5.77. The van der Waals surface area contributed by atoms with Gasteiger partial charge in [0, 0.05) is 11.6 Å². The van der Waals surface area contributed by atoms with Gasteiger partial charge in [0.15, 0.2) is 0 Å². The van der Waals surface area contributed by atoms with E-state index in [4.69, 9.17) is 14.2 Å². The summed E-state index contributed by atoms with van der Waals surface area (Å²) >= 11 is 0. The zero-order valence-electron chi connectivity index (χ0n) is 26.3. The fourth-order valence-corrected chi connectivity index (χ4v) is 5.43. The number of morpholine rings is 1. The number of nitrogens with zero attached hydrogens (tertiary/aromatic N) is 1. The second-order valence-electron chi connectivity index (χ2n) is 12.0. The fraction of sp³-hybridized carbons (Fsp3) is 0.400. The first-order valence-corrected chi connectivity index (χ1v) is 15.1. The summed E-state index contributed by atoms with van der Waals surface area (Å²) in [4.78, 5) is 40.9. The third kappa shape index (κ3) is 9.54. The molecule has 3 atom stereocenters. The van der Waals surface area contributed by atoms with Gasteiger partial charge in [0.25, 0.3) is 0 Å². The van der Waals surface area contributed by atoms with E-state index in [-0.39, 0.29) is 19.3 Å². The summed E-state index contributed by atoms with van der Waals surface area (Å²) in [6.07, 6.45) is -0.980. The van der Waals surface area contributed by atoms with Crippen LogP contribution in [0, 0.1) is 0 Å². The van der Waals surface area contributed by atoms with Crippen LogP contribution < -0.4 is 10.6 Å². The Morgan fingerprint density at radius 2 is 1.49 bits per heavy atom. The largest absolute Gasteiger partial charge is 0.453 e. The van der Waals surface area contributed by atoms with E-state index in [1.54, 1.807) is 4.90 Å². The van der Waals surface area contributed by atoms with Crippen molar-refractivity contribution < 1.29 is 33.7 Å². The topological polar surface area (TPSA) is 126 Å². The number of hydrogen-bond donors (Lipinski definition) is 3. The number of nitrogens with one attached hydrogen (secondary N) is 2. The quantitative estimate of drug-likeness (QED) is 0.289. The minimum absolute atomic E-state index is 0.221. The van der Waals surface area contributed by atoms with Gasteiger partial charge in [-0.05, 0) is 56.4 Å². The number of aliphatic hydroxyl groups is 1.